The van der Waals surface area contributed by atoms with Crippen LogP contribution in [0.15, 0.2) is 0 Å². The van der Waals surface area contributed by atoms with Gasteiger partial charge in [0.05, 0.1) is 5.92 Å². The maximum absolute atomic E-state index is 11.1. The van der Waals surface area contributed by atoms with Crippen molar-refractivity contribution in [1.29, 1.82) is 0 Å². The first kappa shape index (κ1) is 16.5. The molecular formula is C15H30O2. The molecule has 0 rings (SSSR count). The molecule has 0 heterocycles. The molecule has 0 aliphatic carbocycles. The van der Waals surface area contributed by atoms with Crippen LogP contribution in [0.2, 0.25) is 0 Å². The summed E-state index contributed by atoms with van der Waals surface area (Å²) in [5.41, 5.74) is 0. The third-order valence-electron chi connectivity index (χ3n) is 3.35. The van der Waals surface area contributed by atoms with Crippen LogP contribution in [0.25, 0.3) is 0 Å². The Kier molecular flexibility index (Phi) is 10.3. The summed E-state index contributed by atoms with van der Waals surface area (Å²) >= 11 is 0. The molecule has 0 aromatic carbocycles. The van der Waals surface area contributed by atoms with Crippen LogP contribution in [0.5, 0.6) is 0 Å². The van der Waals surface area contributed by atoms with Gasteiger partial charge in [0.25, 0.3) is 0 Å². The van der Waals surface area contributed by atoms with Crippen LogP contribution < -0.4 is 0 Å². The molecular weight excluding hydrogens is 212 g/mol. The molecule has 0 saturated carbocycles. The highest BCUT2D eigenvalue weighted by Gasteiger charge is 2.16. The van der Waals surface area contributed by atoms with Gasteiger partial charge in [0.2, 0.25) is 0 Å². The Morgan fingerprint density at radius 1 is 0.941 bits per heavy atom. The van der Waals surface area contributed by atoms with Crippen LogP contribution in [0.4, 0.5) is 0 Å². The van der Waals surface area contributed by atoms with E-state index in [0.29, 0.717) is 5.92 Å². The maximum atomic E-state index is 11.1. The quantitative estimate of drug-likeness (QED) is 0.525. The molecule has 0 aromatic heterocycles. The lowest BCUT2D eigenvalue weighted by Gasteiger charge is -2.13. The molecule has 1 atom stereocenters. The lowest BCUT2D eigenvalue weighted by Crippen LogP contribution is -2.14. The van der Waals surface area contributed by atoms with Gasteiger partial charge in [-0.15, -0.1) is 0 Å². The summed E-state index contributed by atoms with van der Waals surface area (Å²) < 4.78 is 0. The van der Waals surface area contributed by atoms with Crippen molar-refractivity contribution in [1.82, 2.24) is 0 Å². The van der Waals surface area contributed by atoms with Crippen LogP contribution in [0.1, 0.15) is 78.6 Å². The second-order valence-corrected chi connectivity index (χ2v) is 5.56. The lowest BCUT2D eigenvalue weighted by molar-refractivity contribution is -0.142. The van der Waals surface area contributed by atoms with Crippen molar-refractivity contribution in [3.63, 3.8) is 0 Å². The highest BCUT2D eigenvalue weighted by Crippen LogP contribution is 2.19. The van der Waals surface area contributed by atoms with E-state index in [4.69, 9.17) is 5.11 Å². The van der Waals surface area contributed by atoms with Gasteiger partial charge in [-0.25, -0.2) is 0 Å². The van der Waals surface area contributed by atoms with Crippen LogP contribution in [-0.2, 0) is 4.79 Å². The van der Waals surface area contributed by atoms with E-state index in [0.717, 1.165) is 25.7 Å². The van der Waals surface area contributed by atoms with E-state index in [1.807, 2.05) is 0 Å². The molecule has 17 heavy (non-hydrogen) atoms. The minimum absolute atomic E-state index is 0.108. The fourth-order valence-electron chi connectivity index (χ4n) is 2.10. The zero-order valence-electron chi connectivity index (χ0n) is 11.9. The van der Waals surface area contributed by atoms with Crippen molar-refractivity contribution in [3.05, 3.63) is 0 Å². The fourth-order valence-corrected chi connectivity index (χ4v) is 2.10. The molecule has 0 spiro atoms. The predicted molar refractivity (Wildman–Crippen MR) is 73.2 cm³/mol. The number of hydrogen-bond acceptors (Lipinski definition) is 1. The van der Waals surface area contributed by atoms with Gasteiger partial charge in [-0.2, -0.15) is 0 Å². The zero-order valence-corrected chi connectivity index (χ0v) is 11.9. The third-order valence-corrected chi connectivity index (χ3v) is 3.35. The fraction of sp³-hybridized carbons (Fsp3) is 0.933. The molecule has 0 aliphatic heterocycles. The number of hydrogen-bond donors (Lipinski definition) is 1. The Bertz CT molecular complexity index is 187. The van der Waals surface area contributed by atoms with Gasteiger partial charge in [0.1, 0.15) is 0 Å². The number of carbonyl (C=O) groups is 1. The van der Waals surface area contributed by atoms with Gasteiger partial charge in [0, 0.05) is 0 Å². The first-order valence-corrected chi connectivity index (χ1v) is 7.30. The molecule has 0 bridgehead atoms. The van der Waals surface area contributed by atoms with Gasteiger partial charge >= 0.3 is 5.97 Å². The minimum Gasteiger partial charge on any atom is -0.481 e. The second-order valence-electron chi connectivity index (χ2n) is 5.56. The van der Waals surface area contributed by atoms with Crippen molar-refractivity contribution >= 4 is 5.97 Å². The smallest absolute Gasteiger partial charge is 0.306 e. The Morgan fingerprint density at radius 2 is 1.53 bits per heavy atom. The molecule has 1 unspecified atom stereocenters. The van der Waals surface area contributed by atoms with Crippen LogP contribution in [-0.4, -0.2) is 11.1 Å². The number of carboxylic acids is 1. The van der Waals surface area contributed by atoms with Gasteiger partial charge < -0.3 is 5.11 Å². The first-order valence-electron chi connectivity index (χ1n) is 7.30. The van der Waals surface area contributed by atoms with E-state index in [1.54, 1.807) is 0 Å². The van der Waals surface area contributed by atoms with Crippen molar-refractivity contribution < 1.29 is 9.90 Å². The summed E-state index contributed by atoms with van der Waals surface area (Å²) in [4.78, 5) is 11.1. The number of aliphatic carboxylic acids is 1. The van der Waals surface area contributed by atoms with Crippen LogP contribution in [0.3, 0.4) is 0 Å². The standard InChI is InChI=1S/C15H30O2/c1-4-5-6-7-8-9-10-14(15(16)17)12-11-13(2)3/h13-14H,4-12H2,1-3H3,(H,16,17). The van der Waals surface area contributed by atoms with Gasteiger partial charge in [0.15, 0.2) is 0 Å². The molecule has 0 aliphatic rings. The molecule has 0 saturated heterocycles. The summed E-state index contributed by atoms with van der Waals surface area (Å²) in [7, 11) is 0. The van der Waals surface area contributed by atoms with Crippen molar-refractivity contribution in [2.24, 2.45) is 11.8 Å². The molecule has 0 aromatic rings. The Labute approximate surface area is 107 Å². The van der Waals surface area contributed by atoms with Crippen LogP contribution >= 0.6 is 0 Å². The average Bonchev–Trinajstić information content (AvgIpc) is 2.26. The molecule has 0 radical (unpaired) electrons. The third kappa shape index (κ3) is 10.3. The molecule has 102 valence electrons. The number of rotatable bonds is 11. The summed E-state index contributed by atoms with van der Waals surface area (Å²) in [5.74, 6) is -0.0933. The summed E-state index contributed by atoms with van der Waals surface area (Å²) in [5, 5.41) is 9.13. The highest BCUT2D eigenvalue weighted by molar-refractivity contribution is 5.69. The topological polar surface area (TPSA) is 37.3 Å². The first-order chi connectivity index (χ1) is 8.07. The number of carboxylic acid groups (broad SMARTS) is 1. The lowest BCUT2D eigenvalue weighted by atomic mass is 9.93. The molecule has 0 fully saturated rings. The van der Waals surface area contributed by atoms with Crippen molar-refractivity contribution in [2.75, 3.05) is 0 Å². The van der Waals surface area contributed by atoms with E-state index in [2.05, 4.69) is 20.8 Å². The summed E-state index contributed by atoms with van der Waals surface area (Å²) in [6, 6.07) is 0. The average molecular weight is 242 g/mol. The SMILES string of the molecule is CCCCCCCCC(CCC(C)C)C(=O)O. The van der Waals surface area contributed by atoms with Crippen molar-refractivity contribution in [3.8, 4) is 0 Å². The molecule has 2 nitrogen and oxygen atoms in total. The van der Waals surface area contributed by atoms with Gasteiger partial charge in [-0.1, -0.05) is 65.7 Å². The number of unbranched alkanes of at least 4 members (excludes halogenated alkanes) is 5. The largest absolute Gasteiger partial charge is 0.481 e. The molecule has 2 heteroatoms. The Balaban J connectivity index is 3.60. The zero-order chi connectivity index (χ0) is 13.1. The molecule has 0 amide bonds. The van der Waals surface area contributed by atoms with Gasteiger partial charge in [-0.3, -0.25) is 4.79 Å². The maximum Gasteiger partial charge on any atom is 0.306 e. The van der Waals surface area contributed by atoms with E-state index < -0.39 is 5.97 Å². The highest BCUT2D eigenvalue weighted by atomic mass is 16.4. The summed E-state index contributed by atoms with van der Waals surface area (Å²) in [6.07, 6.45) is 10.2. The summed E-state index contributed by atoms with van der Waals surface area (Å²) in [6.45, 7) is 6.53. The van der Waals surface area contributed by atoms with E-state index in [9.17, 15) is 4.79 Å². The minimum atomic E-state index is -0.598. The second kappa shape index (κ2) is 10.6. The Morgan fingerprint density at radius 3 is 2.06 bits per heavy atom. The predicted octanol–water partition coefficient (Wildman–Crippen LogP) is 4.87. The van der Waals surface area contributed by atoms with E-state index in [-0.39, 0.29) is 5.92 Å². The van der Waals surface area contributed by atoms with Gasteiger partial charge in [-0.05, 0) is 18.8 Å². The Hall–Kier alpha value is -0.530. The van der Waals surface area contributed by atoms with E-state index in [1.165, 1.54) is 32.1 Å². The normalized spacial score (nSPS) is 12.9. The van der Waals surface area contributed by atoms with Crippen LogP contribution in [0, 0.1) is 11.8 Å². The van der Waals surface area contributed by atoms with Crippen molar-refractivity contribution in [2.45, 2.75) is 78.6 Å². The monoisotopic (exact) mass is 242 g/mol. The van der Waals surface area contributed by atoms with E-state index >= 15 is 0 Å². The molecule has 1 N–H and O–H groups in total.